The Morgan fingerprint density at radius 2 is 1.31 bits per heavy atom. The van der Waals surface area contributed by atoms with Crippen molar-refractivity contribution in [3.8, 4) is 11.5 Å². The molecule has 3 aromatic rings. The number of Topliss-reactive ketones (excluding diaryl/α,β-unsaturated/α-hetero) is 1. The summed E-state index contributed by atoms with van der Waals surface area (Å²) in [6.07, 6.45) is 1.78. The van der Waals surface area contributed by atoms with E-state index in [-0.39, 0.29) is 28.4 Å². The van der Waals surface area contributed by atoms with Gasteiger partial charge in [0, 0.05) is 12.0 Å². The van der Waals surface area contributed by atoms with Gasteiger partial charge in [-0.3, -0.25) is 4.79 Å². The molecule has 0 heterocycles. The Labute approximate surface area is 189 Å². The van der Waals surface area contributed by atoms with Gasteiger partial charge in [-0.2, -0.15) is 0 Å². The minimum absolute atomic E-state index is 0.0689. The third kappa shape index (κ3) is 5.65. The number of hydrogen-bond acceptors (Lipinski definition) is 5. The van der Waals surface area contributed by atoms with Gasteiger partial charge < -0.3 is 9.47 Å². The lowest BCUT2D eigenvalue weighted by molar-refractivity contribution is 0.0983. The predicted octanol–water partition coefficient (Wildman–Crippen LogP) is 5.49. The number of carbonyl (C=O) groups is 1. The van der Waals surface area contributed by atoms with Gasteiger partial charge in [-0.05, 0) is 73.5 Å². The number of allylic oxidation sites excluding steroid dienone is 1. The lowest BCUT2D eigenvalue weighted by Crippen LogP contribution is -2.08. The molecule has 0 N–H and O–H groups in total. The molecule has 0 fully saturated rings. The van der Waals surface area contributed by atoms with Crippen molar-refractivity contribution in [2.45, 2.75) is 24.7 Å². The third-order valence-corrected chi connectivity index (χ3v) is 7.04. The standard InChI is InChI=1S/C26H26O5S/c1-19-4-14-24(15-5-19)32(28,29)25(18-20-6-10-22(30-2)11-7-20)16-17-26(27)21-8-12-23(31-3)13-9-21/h4-15,18H,16-17H2,1-3H3/b25-18+. The Hall–Kier alpha value is -3.38. The molecule has 0 saturated heterocycles. The fourth-order valence-electron chi connectivity index (χ4n) is 3.20. The van der Waals surface area contributed by atoms with E-state index in [1.165, 1.54) is 0 Å². The van der Waals surface area contributed by atoms with E-state index in [1.807, 2.05) is 6.92 Å². The van der Waals surface area contributed by atoms with Gasteiger partial charge >= 0.3 is 0 Å². The molecule has 0 atom stereocenters. The minimum Gasteiger partial charge on any atom is -0.497 e. The summed E-state index contributed by atoms with van der Waals surface area (Å²) in [6.45, 7) is 1.90. The molecule has 0 bridgehead atoms. The molecule has 3 rings (SSSR count). The fraction of sp³-hybridized carbons (Fsp3) is 0.192. The van der Waals surface area contributed by atoms with Gasteiger partial charge in [0.05, 0.1) is 24.0 Å². The molecule has 5 nitrogen and oxygen atoms in total. The predicted molar refractivity (Wildman–Crippen MR) is 126 cm³/mol. The van der Waals surface area contributed by atoms with Crippen LogP contribution in [0.1, 0.15) is 34.3 Å². The molecular formula is C26H26O5S. The summed E-state index contributed by atoms with van der Waals surface area (Å²) in [6, 6.07) is 20.6. The Balaban J connectivity index is 1.91. The maximum atomic E-state index is 13.4. The van der Waals surface area contributed by atoms with Crippen molar-refractivity contribution >= 4 is 21.7 Å². The topological polar surface area (TPSA) is 69.7 Å². The number of methoxy groups -OCH3 is 2. The van der Waals surface area contributed by atoms with Gasteiger partial charge in [-0.25, -0.2) is 8.42 Å². The SMILES string of the molecule is COc1ccc(/C=C(\CCC(=O)c2ccc(OC)cc2)S(=O)(=O)c2ccc(C)cc2)cc1. The van der Waals surface area contributed by atoms with Crippen LogP contribution in [0.15, 0.2) is 82.6 Å². The zero-order valence-electron chi connectivity index (χ0n) is 18.4. The van der Waals surface area contributed by atoms with E-state index in [4.69, 9.17) is 9.47 Å². The molecule has 32 heavy (non-hydrogen) atoms. The van der Waals surface area contributed by atoms with Crippen molar-refractivity contribution in [1.29, 1.82) is 0 Å². The average molecular weight is 451 g/mol. The summed E-state index contributed by atoms with van der Waals surface area (Å²) in [5.41, 5.74) is 2.20. The first-order valence-electron chi connectivity index (χ1n) is 10.2. The molecule has 0 amide bonds. The monoisotopic (exact) mass is 450 g/mol. The Bertz CT molecular complexity index is 1190. The molecule has 0 radical (unpaired) electrons. The Morgan fingerprint density at radius 1 is 0.781 bits per heavy atom. The smallest absolute Gasteiger partial charge is 0.202 e. The van der Waals surface area contributed by atoms with Crippen LogP contribution in [0.3, 0.4) is 0 Å². The first-order chi connectivity index (χ1) is 15.3. The molecule has 166 valence electrons. The molecular weight excluding hydrogens is 424 g/mol. The van der Waals surface area contributed by atoms with Crippen molar-refractivity contribution < 1.29 is 22.7 Å². The molecule has 3 aromatic carbocycles. The first kappa shape index (κ1) is 23.3. The number of carbonyl (C=O) groups excluding carboxylic acids is 1. The lowest BCUT2D eigenvalue weighted by atomic mass is 10.1. The van der Waals surface area contributed by atoms with Gasteiger partial charge in [-0.15, -0.1) is 0 Å². The fourth-order valence-corrected chi connectivity index (χ4v) is 4.66. The second-order valence-electron chi connectivity index (χ2n) is 7.35. The van der Waals surface area contributed by atoms with Crippen LogP contribution in [-0.4, -0.2) is 28.4 Å². The number of ether oxygens (including phenoxy) is 2. The highest BCUT2D eigenvalue weighted by Crippen LogP contribution is 2.27. The summed E-state index contributed by atoms with van der Waals surface area (Å²) < 4.78 is 37.1. The van der Waals surface area contributed by atoms with Crippen molar-refractivity contribution in [3.05, 3.63) is 94.4 Å². The third-order valence-electron chi connectivity index (χ3n) is 5.13. The molecule has 0 aliphatic heterocycles. The number of benzene rings is 3. The highest BCUT2D eigenvalue weighted by Gasteiger charge is 2.22. The second-order valence-corrected chi connectivity index (χ2v) is 9.35. The summed E-state index contributed by atoms with van der Waals surface area (Å²) in [5, 5.41) is 0. The molecule has 0 unspecified atom stereocenters. The zero-order valence-corrected chi connectivity index (χ0v) is 19.2. The van der Waals surface area contributed by atoms with Gasteiger partial charge in [0.2, 0.25) is 9.84 Å². The molecule has 0 saturated carbocycles. The average Bonchev–Trinajstić information content (AvgIpc) is 2.82. The highest BCUT2D eigenvalue weighted by molar-refractivity contribution is 7.95. The van der Waals surface area contributed by atoms with Gasteiger partial charge in [0.1, 0.15) is 11.5 Å². The maximum Gasteiger partial charge on any atom is 0.202 e. The van der Waals surface area contributed by atoms with Crippen LogP contribution in [0.2, 0.25) is 0 Å². The van der Waals surface area contributed by atoms with E-state index in [9.17, 15) is 13.2 Å². The Morgan fingerprint density at radius 3 is 1.84 bits per heavy atom. The van der Waals surface area contributed by atoms with E-state index in [1.54, 1.807) is 93.1 Å². The van der Waals surface area contributed by atoms with Crippen LogP contribution in [0.5, 0.6) is 11.5 Å². The number of hydrogen-bond donors (Lipinski definition) is 0. The minimum atomic E-state index is -3.76. The lowest BCUT2D eigenvalue weighted by Gasteiger charge is -2.11. The van der Waals surface area contributed by atoms with Crippen LogP contribution in [0.25, 0.3) is 6.08 Å². The number of aryl methyl sites for hydroxylation is 1. The number of ketones is 1. The van der Waals surface area contributed by atoms with Crippen molar-refractivity contribution in [2.75, 3.05) is 14.2 Å². The van der Waals surface area contributed by atoms with Crippen LogP contribution < -0.4 is 9.47 Å². The molecule has 0 spiro atoms. The summed E-state index contributed by atoms with van der Waals surface area (Å²) in [5.74, 6) is 1.20. The van der Waals surface area contributed by atoms with Gasteiger partial charge in [0.25, 0.3) is 0 Å². The highest BCUT2D eigenvalue weighted by atomic mass is 32.2. The summed E-state index contributed by atoms with van der Waals surface area (Å²) in [7, 11) is -0.632. The van der Waals surface area contributed by atoms with E-state index in [0.717, 1.165) is 5.56 Å². The molecule has 0 aliphatic rings. The number of rotatable bonds is 9. The van der Waals surface area contributed by atoms with E-state index in [0.29, 0.717) is 22.6 Å². The van der Waals surface area contributed by atoms with E-state index >= 15 is 0 Å². The zero-order chi connectivity index (χ0) is 23.1. The van der Waals surface area contributed by atoms with Crippen LogP contribution >= 0.6 is 0 Å². The van der Waals surface area contributed by atoms with Crippen LogP contribution in [-0.2, 0) is 9.84 Å². The normalized spacial score (nSPS) is 11.8. The largest absolute Gasteiger partial charge is 0.497 e. The van der Waals surface area contributed by atoms with E-state index in [2.05, 4.69) is 0 Å². The number of sulfone groups is 1. The summed E-state index contributed by atoms with van der Waals surface area (Å²) in [4.78, 5) is 13.1. The van der Waals surface area contributed by atoms with Crippen LogP contribution in [0, 0.1) is 6.92 Å². The molecule has 0 aliphatic carbocycles. The maximum absolute atomic E-state index is 13.4. The van der Waals surface area contributed by atoms with Crippen molar-refractivity contribution in [3.63, 3.8) is 0 Å². The quantitative estimate of drug-likeness (QED) is 0.403. The Kier molecular flexibility index (Phi) is 7.49. The van der Waals surface area contributed by atoms with Crippen molar-refractivity contribution in [2.24, 2.45) is 0 Å². The molecule has 0 aromatic heterocycles. The molecule has 6 heteroatoms. The summed E-state index contributed by atoms with van der Waals surface area (Å²) >= 11 is 0. The van der Waals surface area contributed by atoms with Gasteiger partial charge in [-0.1, -0.05) is 29.8 Å². The van der Waals surface area contributed by atoms with Crippen molar-refractivity contribution in [1.82, 2.24) is 0 Å². The van der Waals surface area contributed by atoms with E-state index < -0.39 is 9.84 Å². The first-order valence-corrected chi connectivity index (χ1v) is 11.7. The van der Waals surface area contributed by atoms with Crippen LogP contribution in [0.4, 0.5) is 0 Å². The van der Waals surface area contributed by atoms with Gasteiger partial charge in [0.15, 0.2) is 5.78 Å². The second kappa shape index (κ2) is 10.3.